The van der Waals surface area contributed by atoms with Gasteiger partial charge in [0.15, 0.2) is 5.58 Å². The Kier molecular flexibility index (Phi) is 3.04. The molecule has 0 bridgehead atoms. The van der Waals surface area contributed by atoms with Crippen LogP contribution < -0.4 is 11.1 Å². The van der Waals surface area contributed by atoms with Crippen LogP contribution in [0.25, 0.3) is 11.1 Å². The molecular weight excluding hydrogens is 280 g/mol. The normalized spacial score (nSPS) is 10.7. The van der Waals surface area contributed by atoms with Crippen molar-refractivity contribution in [2.75, 3.05) is 5.32 Å². The molecule has 1 heterocycles. The number of hydrogen-bond acceptors (Lipinski definition) is 3. The Morgan fingerprint density at radius 2 is 1.95 bits per heavy atom. The van der Waals surface area contributed by atoms with Crippen LogP contribution in [0.5, 0.6) is 0 Å². The maximum Gasteiger partial charge on any atom is 0.417 e. The lowest BCUT2D eigenvalue weighted by atomic mass is 10.2. The molecule has 0 fully saturated rings. The van der Waals surface area contributed by atoms with Gasteiger partial charge >= 0.3 is 5.76 Å². The monoisotopic (exact) mass is 288 g/mol. The third-order valence-corrected chi connectivity index (χ3v) is 3.15. The second-order valence-corrected chi connectivity index (χ2v) is 4.53. The number of rotatable bonds is 2. The number of carbonyl (C=O) groups excluding carboxylic acids is 1. The van der Waals surface area contributed by atoms with E-state index in [2.05, 4.69) is 10.3 Å². The maximum atomic E-state index is 12.2. The molecule has 0 saturated heterocycles. The molecule has 0 aliphatic heterocycles. The van der Waals surface area contributed by atoms with E-state index in [1.165, 1.54) is 0 Å². The predicted molar refractivity (Wildman–Crippen MR) is 76.2 cm³/mol. The molecule has 5 nitrogen and oxygen atoms in total. The minimum absolute atomic E-state index is 0.356. The summed E-state index contributed by atoms with van der Waals surface area (Å²) in [5, 5.41) is 3.06. The average Bonchev–Trinajstić information content (AvgIpc) is 2.80. The molecule has 3 rings (SSSR count). The van der Waals surface area contributed by atoms with Gasteiger partial charge in [-0.05, 0) is 24.3 Å². The molecule has 0 aliphatic carbocycles. The zero-order chi connectivity index (χ0) is 14.1. The molecule has 20 heavy (non-hydrogen) atoms. The van der Waals surface area contributed by atoms with Gasteiger partial charge < -0.3 is 9.73 Å². The van der Waals surface area contributed by atoms with Crippen LogP contribution in [0.1, 0.15) is 10.4 Å². The van der Waals surface area contributed by atoms with E-state index in [-0.39, 0.29) is 5.91 Å². The van der Waals surface area contributed by atoms with E-state index in [1.54, 1.807) is 42.5 Å². The lowest BCUT2D eigenvalue weighted by Gasteiger charge is -2.06. The van der Waals surface area contributed by atoms with Gasteiger partial charge in [-0.25, -0.2) is 4.79 Å². The van der Waals surface area contributed by atoms with Crippen molar-refractivity contribution in [1.29, 1.82) is 0 Å². The second-order valence-electron chi connectivity index (χ2n) is 4.13. The van der Waals surface area contributed by atoms with Crippen LogP contribution >= 0.6 is 11.6 Å². The van der Waals surface area contributed by atoms with Crippen LogP contribution in [0, 0.1) is 0 Å². The van der Waals surface area contributed by atoms with Crippen molar-refractivity contribution < 1.29 is 9.21 Å². The number of fused-ring (bicyclic) bond motifs is 1. The van der Waals surface area contributed by atoms with Crippen molar-refractivity contribution in [2.24, 2.45) is 0 Å². The zero-order valence-corrected chi connectivity index (χ0v) is 10.9. The van der Waals surface area contributed by atoms with Crippen molar-refractivity contribution in [3.8, 4) is 0 Å². The van der Waals surface area contributed by atoms with Crippen molar-refractivity contribution in [1.82, 2.24) is 4.98 Å². The van der Waals surface area contributed by atoms with E-state index in [9.17, 15) is 9.59 Å². The van der Waals surface area contributed by atoms with E-state index in [0.29, 0.717) is 27.4 Å². The van der Waals surface area contributed by atoms with E-state index in [1.807, 2.05) is 0 Å². The van der Waals surface area contributed by atoms with E-state index < -0.39 is 5.76 Å². The molecular formula is C14H9ClN2O3. The molecule has 0 saturated carbocycles. The molecule has 0 unspecified atom stereocenters. The first-order valence-corrected chi connectivity index (χ1v) is 6.20. The summed E-state index contributed by atoms with van der Waals surface area (Å²) in [6.45, 7) is 0. The smallest absolute Gasteiger partial charge is 0.408 e. The lowest BCUT2D eigenvalue weighted by molar-refractivity contribution is 0.102. The first-order chi connectivity index (χ1) is 9.65. The summed E-state index contributed by atoms with van der Waals surface area (Å²) in [5.74, 6) is -0.926. The van der Waals surface area contributed by atoms with Crippen molar-refractivity contribution in [3.63, 3.8) is 0 Å². The molecule has 0 spiro atoms. The summed E-state index contributed by atoms with van der Waals surface area (Å²) in [7, 11) is 0. The van der Waals surface area contributed by atoms with Gasteiger partial charge in [-0.2, -0.15) is 0 Å². The highest BCUT2D eigenvalue weighted by Crippen LogP contribution is 2.22. The van der Waals surface area contributed by atoms with Gasteiger partial charge in [-0.1, -0.05) is 29.8 Å². The predicted octanol–water partition coefficient (Wildman–Crippen LogP) is 3.03. The average molecular weight is 289 g/mol. The van der Waals surface area contributed by atoms with Gasteiger partial charge in [-0.3, -0.25) is 9.78 Å². The number of aromatic amines is 1. The maximum absolute atomic E-state index is 12.2. The summed E-state index contributed by atoms with van der Waals surface area (Å²) in [4.78, 5) is 25.9. The summed E-state index contributed by atoms with van der Waals surface area (Å²) in [6, 6.07) is 11.7. The van der Waals surface area contributed by atoms with Gasteiger partial charge in [0.1, 0.15) is 5.52 Å². The number of oxazole rings is 1. The quantitative estimate of drug-likeness (QED) is 0.761. The van der Waals surface area contributed by atoms with Crippen molar-refractivity contribution >= 4 is 34.3 Å². The number of benzene rings is 2. The molecule has 3 aromatic rings. The zero-order valence-electron chi connectivity index (χ0n) is 10.1. The Labute approximate surface area is 118 Å². The molecule has 1 amide bonds. The first-order valence-electron chi connectivity index (χ1n) is 5.83. The molecule has 100 valence electrons. The summed E-state index contributed by atoms with van der Waals surface area (Å²) < 4.78 is 4.93. The Hall–Kier alpha value is -2.53. The third kappa shape index (κ3) is 2.19. The van der Waals surface area contributed by atoms with Gasteiger partial charge in [0, 0.05) is 0 Å². The minimum atomic E-state index is -0.570. The van der Waals surface area contributed by atoms with Gasteiger partial charge in [0.2, 0.25) is 0 Å². The number of aromatic nitrogens is 1. The fraction of sp³-hybridized carbons (Fsp3) is 0. The molecule has 2 N–H and O–H groups in total. The molecule has 1 aromatic heterocycles. The Balaban J connectivity index is 1.99. The first kappa shape index (κ1) is 12.5. The molecule has 0 radical (unpaired) electrons. The van der Waals surface area contributed by atoms with E-state index >= 15 is 0 Å². The molecule has 6 heteroatoms. The van der Waals surface area contributed by atoms with Crippen LogP contribution in [0.4, 0.5) is 5.69 Å². The fourth-order valence-corrected chi connectivity index (χ4v) is 2.13. The van der Waals surface area contributed by atoms with Crippen LogP contribution in [-0.2, 0) is 0 Å². The number of anilines is 1. The number of para-hydroxylation sites is 1. The van der Waals surface area contributed by atoms with E-state index in [4.69, 9.17) is 16.0 Å². The number of halogens is 1. The summed E-state index contributed by atoms with van der Waals surface area (Å²) in [6.07, 6.45) is 0. The second kappa shape index (κ2) is 4.86. The fourth-order valence-electron chi connectivity index (χ4n) is 1.91. The highest BCUT2D eigenvalue weighted by Gasteiger charge is 2.13. The van der Waals surface area contributed by atoms with Crippen LogP contribution in [0.3, 0.4) is 0 Å². The third-order valence-electron chi connectivity index (χ3n) is 2.82. The van der Waals surface area contributed by atoms with Gasteiger partial charge in [0.05, 0.1) is 16.3 Å². The summed E-state index contributed by atoms with van der Waals surface area (Å²) >= 11 is 5.97. The number of hydrogen-bond donors (Lipinski definition) is 2. The Morgan fingerprint density at radius 3 is 2.75 bits per heavy atom. The largest absolute Gasteiger partial charge is 0.417 e. The van der Waals surface area contributed by atoms with Crippen molar-refractivity contribution in [3.05, 3.63) is 63.6 Å². The van der Waals surface area contributed by atoms with Crippen LogP contribution in [-0.4, -0.2) is 10.9 Å². The standard InChI is InChI=1S/C14H9ClN2O3/c15-9-5-2-1-4-8(9)13(18)16-10-6-3-7-11-12(10)17-14(19)20-11/h1-7H,(H,16,18)(H,17,19). The van der Waals surface area contributed by atoms with Crippen LogP contribution in [0.15, 0.2) is 51.7 Å². The number of carbonyl (C=O) groups is 1. The van der Waals surface area contributed by atoms with Gasteiger partial charge in [-0.15, -0.1) is 0 Å². The number of amides is 1. The molecule has 0 atom stereocenters. The van der Waals surface area contributed by atoms with E-state index in [0.717, 1.165) is 0 Å². The SMILES string of the molecule is O=C(Nc1cccc2oc(=O)[nH]c12)c1ccccc1Cl. The van der Waals surface area contributed by atoms with Crippen LogP contribution in [0.2, 0.25) is 5.02 Å². The van der Waals surface area contributed by atoms with Gasteiger partial charge in [0.25, 0.3) is 5.91 Å². The Bertz CT molecular complexity index is 851. The summed E-state index contributed by atoms with van der Waals surface area (Å²) in [5.41, 5.74) is 1.64. The van der Waals surface area contributed by atoms with Crippen molar-refractivity contribution in [2.45, 2.75) is 0 Å². The molecule has 0 aliphatic rings. The molecule has 2 aromatic carbocycles. The lowest BCUT2D eigenvalue weighted by Crippen LogP contribution is -2.12. The highest BCUT2D eigenvalue weighted by molar-refractivity contribution is 6.34. The minimum Gasteiger partial charge on any atom is -0.408 e. The topological polar surface area (TPSA) is 75.1 Å². The highest BCUT2D eigenvalue weighted by atomic mass is 35.5. The number of H-pyrrole nitrogens is 1. The Morgan fingerprint density at radius 1 is 1.15 bits per heavy atom. The number of nitrogens with one attached hydrogen (secondary N) is 2.